The molecule has 0 saturated carbocycles. The van der Waals surface area contributed by atoms with Gasteiger partial charge in [0.25, 0.3) is 0 Å². The fourth-order valence-electron chi connectivity index (χ4n) is 1.25. The molecule has 1 rings (SSSR count). The molecule has 0 aliphatic carbocycles. The molecule has 1 heterocycles. The van der Waals surface area contributed by atoms with Gasteiger partial charge < -0.3 is 9.84 Å². The minimum atomic E-state index is -0.924. The van der Waals surface area contributed by atoms with Crippen LogP contribution >= 0.6 is 0 Å². The Bertz CT molecular complexity index is 196. The molecule has 0 aromatic heterocycles. The number of carbonyl (C=O) groups excluding carboxylic acids is 1. The summed E-state index contributed by atoms with van der Waals surface area (Å²) in [5.41, 5.74) is 0. The van der Waals surface area contributed by atoms with Crippen LogP contribution in [0.3, 0.4) is 0 Å². The van der Waals surface area contributed by atoms with E-state index in [1.807, 2.05) is 0 Å². The summed E-state index contributed by atoms with van der Waals surface area (Å²) in [4.78, 5) is 21.1. The molecule has 6 nitrogen and oxygen atoms in total. The number of hydrogen-bond donors (Lipinski definition) is 1. The second-order valence-corrected chi connectivity index (χ2v) is 2.57. The van der Waals surface area contributed by atoms with Gasteiger partial charge in [-0.25, -0.2) is 9.80 Å². The van der Waals surface area contributed by atoms with Crippen LogP contribution in [0.5, 0.6) is 0 Å². The Morgan fingerprint density at radius 1 is 1.75 bits per heavy atom. The number of aliphatic hydroxyl groups excluding tert-OH is 1. The highest BCUT2D eigenvalue weighted by Gasteiger charge is 2.39. The number of ether oxygens (including phenoxy) is 1. The first kappa shape index (κ1) is 8.92. The zero-order chi connectivity index (χ0) is 9.14. The first-order valence-corrected chi connectivity index (χ1v) is 3.56. The maximum absolute atomic E-state index is 11.0. The number of esters is 1. The van der Waals surface area contributed by atoms with Gasteiger partial charge in [-0.15, -0.1) is 4.91 Å². The van der Waals surface area contributed by atoms with Crippen molar-refractivity contribution in [1.82, 2.24) is 5.01 Å². The van der Waals surface area contributed by atoms with Crippen LogP contribution in [0.1, 0.15) is 6.42 Å². The van der Waals surface area contributed by atoms with Gasteiger partial charge in [0.05, 0.1) is 18.5 Å². The third kappa shape index (κ3) is 1.38. The van der Waals surface area contributed by atoms with Crippen LogP contribution in [0.2, 0.25) is 0 Å². The molecule has 1 N–H and O–H groups in total. The van der Waals surface area contributed by atoms with Crippen molar-refractivity contribution in [3.63, 3.8) is 0 Å². The van der Waals surface area contributed by atoms with Crippen LogP contribution in [0, 0.1) is 4.91 Å². The van der Waals surface area contributed by atoms with Crippen LogP contribution in [-0.2, 0) is 9.53 Å². The molecule has 6 heteroatoms. The largest absolute Gasteiger partial charge is 0.467 e. The standard InChI is InChI=1S/C6H10N2O4/c1-12-6(10)5-4(9)2-3-8(5)7-11/h4-5,9H,2-3H2,1H3. The molecular formula is C6H10N2O4. The predicted molar refractivity (Wildman–Crippen MR) is 38.9 cm³/mol. The predicted octanol–water partition coefficient (Wildman–Crippen LogP) is -0.724. The minimum Gasteiger partial charge on any atom is -0.467 e. The molecule has 2 atom stereocenters. The van der Waals surface area contributed by atoms with Crippen molar-refractivity contribution >= 4 is 5.97 Å². The van der Waals surface area contributed by atoms with E-state index in [1.165, 1.54) is 7.11 Å². The summed E-state index contributed by atoms with van der Waals surface area (Å²) in [5.74, 6) is -0.625. The highest BCUT2D eigenvalue weighted by atomic mass is 16.5. The van der Waals surface area contributed by atoms with Crippen molar-refractivity contribution in [1.29, 1.82) is 0 Å². The Morgan fingerprint density at radius 3 is 2.92 bits per heavy atom. The molecular weight excluding hydrogens is 164 g/mol. The van der Waals surface area contributed by atoms with E-state index in [1.54, 1.807) is 0 Å². The molecule has 2 unspecified atom stereocenters. The summed E-state index contributed by atoms with van der Waals surface area (Å²) in [6.07, 6.45) is -0.485. The SMILES string of the molecule is COC(=O)C1C(O)CCN1N=O. The Morgan fingerprint density at radius 2 is 2.42 bits per heavy atom. The van der Waals surface area contributed by atoms with Gasteiger partial charge in [-0.05, 0) is 6.42 Å². The lowest BCUT2D eigenvalue weighted by Crippen LogP contribution is -2.39. The van der Waals surface area contributed by atoms with Gasteiger partial charge in [-0.2, -0.15) is 0 Å². The Kier molecular flexibility index (Phi) is 2.59. The Balaban J connectivity index is 2.69. The summed E-state index contributed by atoms with van der Waals surface area (Å²) < 4.78 is 4.40. The van der Waals surface area contributed by atoms with E-state index in [2.05, 4.69) is 10.0 Å². The molecule has 0 amide bonds. The fraction of sp³-hybridized carbons (Fsp3) is 0.833. The van der Waals surface area contributed by atoms with Gasteiger partial charge in [0, 0.05) is 6.54 Å². The lowest BCUT2D eigenvalue weighted by Gasteiger charge is -2.17. The highest BCUT2D eigenvalue weighted by Crippen LogP contribution is 2.18. The number of hydrogen-bond acceptors (Lipinski definition) is 5. The van der Waals surface area contributed by atoms with E-state index in [0.717, 1.165) is 5.01 Å². The molecule has 0 radical (unpaired) electrons. The molecule has 1 aliphatic rings. The van der Waals surface area contributed by atoms with Crippen LogP contribution in [0.25, 0.3) is 0 Å². The number of carbonyl (C=O) groups is 1. The van der Waals surface area contributed by atoms with Crippen molar-refractivity contribution in [2.45, 2.75) is 18.6 Å². The molecule has 12 heavy (non-hydrogen) atoms. The van der Waals surface area contributed by atoms with E-state index in [9.17, 15) is 14.8 Å². The van der Waals surface area contributed by atoms with Crippen molar-refractivity contribution in [2.75, 3.05) is 13.7 Å². The first-order chi connectivity index (χ1) is 5.70. The molecule has 1 aliphatic heterocycles. The van der Waals surface area contributed by atoms with Gasteiger partial charge in [0.15, 0.2) is 6.04 Å². The molecule has 1 fully saturated rings. The van der Waals surface area contributed by atoms with Crippen molar-refractivity contribution in [3.05, 3.63) is 4.91 Å². The zero-order valence-electron chi connectivity index (χ0n) is 6.64. The van der Waals surface area contributed by atoms with Gasteiger partial charge in [0.1, 0.15) is 0 Å². The average molecular weight is 174 g/mol. The zero-order valence-corrected chi connectivity index (χ0v) is 6.64. The number of rotatable bonds is 2. The lowest BCUT2D eigenvalue weighted by molar-refractivity contribution is -0.148. The molecule has 0 spiro atoms. The summed E-state index contributed by atoms with van der Waals surface area (Å²) >= 11 is 0. The number of nitroso groups, excluding NO2 is 1. The molecule has 1 saturated heterocycles. The number of aliphatic hydroxyl groups is 1. The lowest BCUT2D eigenvalue weighted by atomic mass is 10.2. The van der Waals surface area contributed by atoms with Crippen LogP contribution in [0.15, 0.2) is 5.29 Å². The Hall–Kier alpha value is -1.17. The molecule has 0 aromatic rings. The van der Waals surface area contributed by atoms with Gasteiger partial charge in [0.2, 0.25) is 0 Å². The topological polar surface area (TPSA) is 79.2 Å². The summed E-state index contributed by atoms with van der Waals surface area (Å²) in [5, 5.41) is 12.9. The Labute approximate surface area is 69.1 Å². The second kappa shape index (κ2) is 3.48. The monoisotopic (exact) mass is 174 g/mol. The maximum Gasteiger partial charge on any atom is 0.333 e. The fourth-order valence-corrected chi connectivity index (χ4v) is 1.25. The van der Waals surface area contributed by atoms with Gasteiger partial charge in [-0.1, -0.05) is 0 Å². The van der Waals surface area contributed by atoms with E-state index in [-0.39, 0.29) is 0 Å². The van der Waals surface area contributed by atoms with Crippen LogP contribution in [-0.4, -0.2) is 41.9 Å². The quantitative estimate of drug-likeness (QED) is 0.441. The smallest absolute Gasteiger partial charge is 0.333 e. The minimum absolute atomic E-state index is 0.296. The van der Waals surface area contributed by atoms with E-state index < -0.39 is 18.1 Å². The van der Waals surface area contributed by atoms with Crippen LogP contribution in [0.4, 0.5) is 0 Å². The van der Waals surface area contributed by atoms with Crippen molar-refractivity contribution in [2.24, 2.45) is 5.29 Å². The van der Waals surface area contributed by atoms with Gasteiger partial charge in [-0.3, -0.25) is 0 Å². The molecule has 0 aromatic carbocycles. The second-order valence-electron chi connectivity index (χ2n) is 2.57. The van der Waals surface area contributed by atoms with E-state index in [4.69, 9.17) is 0 Å². The van der Waals surface area contributed by atoms with E-state index in [0.29, 0.717) is 13.0 Å². The number of nitrogens with zero attached hydrogens (tertiary/aromatic N) is 2. The maximum atomic E-state index is 11.0. The summed E-state index contributed by atoms with van der Waals surface area (Å²) in [6, 6.07) is -0.924. The third-order valence-electron chi connectivity index (χ3n) is 1.89. The van der Waals surface area contributed by atoms with Crippen molar-refractivity contribution in [3.8, 4) is 0 Å². The number of methoxy groups -OCH3 is 1. The highest BCUT2D eigenvalue weighted by molar-refractivity contribution is 5.76. The summed E-state index contributed by atoms with van der Waals surface area (Å²) in [7, 11) is 1.20. The van der Waals surface area contributed by atoms with Crippen LogP contribution < -0.4 is 0 Å². The molecule has 68 valence electrons. The van der Waals surface area contributed by atoms with Gasteiger partial charge >= 0.3 is 5.97 Å². The first-order valence-electron chi connectivity index (χ1n) is 3.56. The van der Waals surface area contributed by atoms with Crippen molar-refractivity contribution < 1.29 is 14.6 Å². The average Bonchev–Trinajstić information content (AvgIpc) is 2.45. The molecule has 0 bridgehead atoms. The van der Waals surface area contributed by atoms with E-state index >= 15 is 0 Å². The normalized spacial score (nSPS) is 28.7. The summed E-state index contributed by atoms with van der Waals surface area (Å²) in [6.45, 7) is 0.296. The third-order valence-corrected chi connectivity index (χ3v) is 1.89.